The van der Waals surface area contributed by atoms with Crippen molar-refractivity contribution in [2.45, 2.75) is 60.0 Å². The predicted octanol–water partition coefficient (Wildman–Crippen LogP) is 3.13. The van der Waals surface area contributed by atoms with Crippen LogP contribution in [0.5, 0.6) is 0 Å². The van der Waals surface area contributed by atoms with E-state index in [-0.39, 0.29) is 11.8 Å². The van der Waals surface area contributed by atoms with E-state index in [9.17, 15) is 9.59 Å². The van der Waals surface area contributed by atoms with E-state index < -0.39 is 6.04 Å². The molecule has 1 atom stereocenters. The molecule has 2 heterocycles. The van der Waals surface area contributed by atoms with Crippen LogP contribution >= 0.6 is 0 Å². The van der Waals surface area contributed by atoms with Crippen LogP contribution in [-0.2, 0) is 22.6 Å². The number of nitrogens with one attached hydrogen (secondary N) is 1. The molecule has 2 aromatic rings. The molecule has 1 aliphatic rings. The Kier molecular flexibility index (Phi) is 8.61. The highest BCUT2D eigenvalue weighted by Crippen LogP contribution is 2.19. The molecule has 3 rings (SSSR count). The van der Waals surface area contributed by atoms with E-state index in [0.29, 0.717) is 43.1 Å². The van der Waals surface area contributed by atoms with Gasteiger partial charge in [-0.05, 0) is 23.8 Å². The molecule has 180 valence electrons. The third kappa shape index (κ3) is 7.39. The number of aromatic nitrogens is 2. The van der Waals surface area contributed by atoms with Crippen molar-refractivity contribution in [1.82, 2.24) is 25.3 Å². The lowest BCUT2D eigenvalue weighted by Gasteiger charge is -2.36. The summed E-state index contributed by atoms with van der Waals surface area (Å²) in [7, 11) is 0. The van der Waals surface area contributed by atoms with Gasteiger partial charge in [0.25, 0.3) is 0 Å². The highest BCUT2D eigenvalue weighted by atomic mass is 16.5. The van der Waals surface area contributed by atoms with Gasteiger partial charge in [0.2, 0.25) is 23.5 Å². The maximum atomic E-state index is 12.9. The summed E-state index contributed by atoms with van der Waals surface area (Å²) in [5, 5.41) is 6.93. The van der Waals surface area contributed by atoms with Crippen LogP contribution in [0.3, 0.4) is 0 Å². The first-order valence-electron chi connectivity index (χ1n) is 11.9. The fourth-order valence-corrected chi connectivity index (χ4v) is 4.11. The van der Waals surface area contributed by atoms with E-state index in [2.05, 4.69) is 60.2 Å². The summed E-state index contributed by atoms with van der Waals surface area (Å²) in [6.07, 6.45) is 1.44. The Morgan fingerprint density at radius 1 is 1.03 bits per heavy atom. The van der Waals surface area contributed by atoms with Crippen molar-refractivity contribution < 1.29 is 14.1 Å². The molecule has 8 nitrogen and oxygen atoms in total. The molecule has 0 aliphatic carbocycles. The van der Waals surface area contributed by atoms with E-state index in [4.69, 9.17) is 4.52 Å². The lowest BCUT2D eigenvalue weighted by Crippen LogP contribution is -2.54. The van der Waals surface area contributed by atoms with Crippen molar-refractivity contribution in [2.75, 3.05) is 26.2 Å². The summed E-state index contributed by atoms with van der Waals surface area (Å²) in [5.74, 6) is 1.98. The van der Waals surface area contributed by atoms with E-state index in [1.165, 1.54) is 12.5 Å². The Hall–Kier alpha value is -2.74. The Balaban J connectivity index is 1.51. The van der Waals surface area contributed by atoms with Gasteiger partial charge in [-0.15, -0.1) is 0 Å². The molecule has 1 aromatic carbocycles. The average molecular weight is 456 g/mol. The molecule has 1 fully saturated rings. The molecule has 1 aromatic heterocycles. The Morgan fingerprint density at radius 2 is 1.70 bits per heavy atom. The summed E-state index contributed by atoms with van der Waals surface area (Å²) < 4.78 is 5.35. The molecular weight excluding hydrogens is 418 g/mol. The second-order valence-corrected chi connectivity index (χ2v) is 9.79. The van der Waals surface area contributed by atoms with Crippen molar-refractivity contribution in [2.24, 2.45) is 11.8 Å². The number of carbonyl (C=O) groups excluding carboxylic acids is 2. The molecule has 33 heavy (non-hydrogen) atoms. The number of piperazine rings is 1. The molecule has 2 amide bonds. The molecule has 1 aliphatic heterocycles. The van der Waals surface area contributed by atoms with E-state index in [1.807, 2.05) is 17.0 Å². The second-order valence-electron chi connectivity index (χ2n) is 9.79. The summed E-state index contributed by atoms with van der Waals surface area (Å²) in [6, 6.07) is 7.82. The van der Waals surface area contributed by atoms with Gasteiger partial charge < -0.3 is 14.7 Å². The van der Waals surface area contributed by atoms with Gasteiger partial charge in [0.05, 0.1) is 0 Å². The first-order chi connectivity index (χ1) is 15.7. The number of hydrogen-bond donors (Lipinski definition) is 1. The molecular formula is C25H37N5O3. The number of rotatable bonds is 9. The van der Waals surface area contributed by atoms with E-state index in [1.54, 1.807) is 0 Å². The zero-order chi connectivity index (χ0) is 24.0. The van der Waals surface area contributed by atoms with Gasteiger partial charge in [0, 0.05) is 51.6 Å². The van der Waals surface area contributed by atoms with Crippen LogP contribution in [-0.4, -0.2) is 64.0 Å². The lowest BCUT2D eigenvalue weighted by molar-refractivity contribution is -0.138. The predicted molar refractivity (Wildman–Crippen MR) is 127 cm³/mol. The topological polar surface area (TPSA) is 91.6 Å². The van der Waals surface area contributed by atoms with Gasteiger partial charge in [-0.2, -0.15) is 4.98 Å². The van der Waals surface area contributed by atoms with Crippen LogP contribution in [0.2, 0.25) is 0 Å². The number of carbonyl (C=O) groups is 2. The first kappa shape index (κ1) is 24.9. The zero-order valence-electron chi connectivity index (χ0n) is 20.5. The zero-order valence-corrected chi connectivity index (χ0v) is 20.5. The molecule has 0 saturated carbocycles. The molecule has 1 N–H and O–H groups in total. The third-order valence-electron chi connectivity index (χ3n) is 5.74. The molecule has 0 radical (unpaired) electrons. The number of benzene rings is 1. The highest BCUT2D eigenvalue weighted by molar-refractivity contribution is 5.87. The smallest absolute Gasteiger partial charge is 0.245 e. The quantitative estimate of drug-likeness (QED) is 0.625. The molecule has 0 spiro atoms. The van der Waals surface area contributed by atoms with Gasteiger partial charge in [-0.1, -0.05) is 57.1 Å². The van der Waals surface area contributed by atoms with Crippen LogP contribution in [0, 0.1) is 11.8 Å². The lowest BCUT2D eigenvalue weighted by atomic mass is 10.0. The van der Waals surface area contributed by atoms with Crippen molar-refractivity contribution in [3.05, 3.63) is 35.7 Å². The monoisotopic (exact) mass is 455 g/mol. The molecule has 1 unspecified atom stereocenters. The van der Waals surface area contributed by atoms with Crippen LogP contribution in [0.1, 0.15) is 52.5 Å². The summed E-state index contributed by atoms with van der Waals surface area (Å²) in [4.78, 5) is 33.2. The largest absolute Gasteiger partial charge is 0.345 e. The van der Waals surface area contributed by atoms with Crippen molar-refractivity contribution in [3.63, 3.8) is 0 Å². The minimum absolute atomic E-state index is 0.0276. The van der Waals surface area contributed by atoms with Gasteiger partial charge in [-0.25, -0.2) is 0 Å². The number of nitrogens with zero attached hydrogens (tertiary/aromatic N) is 4. The molecule has 1 saturated heterocycles. The minimum atomic E-state index is -0.437. The number of amides is 2. The van der Waals surface area contributed by atoms with Crippen molar-refractivity contribution >= 4 is 11.8 Å². The van der Waals surface area contributed by atoms with E-state index >= 15 is 0 Å². The standard InChI is InChI=1S/C25H37N5O3/c1-17(2)14-22(26-19(5)31)25(32)30-12-10-29(11-13-30)16-20-6-8-21(9-7-20)24-27-23(33-28-24)15-18(3)4/h6-9,17-18,22H,10-16H2,1-5H3,(H,26,31). The fraction of sp³-hybridized carbons (Fsp3) is 0.600. The third-order valence-corrected chi connectivity index (χ3v) is 5.74. The SMILES string of the molecule is CC(=O)NC(CC(C)C)C(=O)N1CCN(Cc2ccc(-c3noc(CC(C)C)n3)cc2)CC1. The normalized spacial score (nSPS) is 15.8. The molecule has 8 heteroatoms. The maximum absolute atomic E-state index is 12.9. The Morgan fingerprint density at radius 3 is 2.27 bits per heavy atom. The fourth-order valence-electron chi connectivity index (χ4n) is 4.11. The van der Waals surface area contributed by atoms with Gasteiger partial charge in [0.15, 0.2) is 0 Å². The van der Waals surface area contributed by atoms with Crippen molar-refractivity contribution in [3.8, 4) is 11.4 Å². The van der Waals surface area contributed by atoms with Gasteiger partial charge in [-0.3, -0.25) is 14.5 Å². The summed E-state index contributed by atoms with van der Waals surface area (Å²) >= 11 is 0. The van der Waals surface area contributed by atoms with Crippen LogP contribution in [0.4, 0.5) is 0 Å². The summed E-state index contributed by atoms with van der Waals surface area (Å²) in [5.41, 5.74) is 2.16. The highest BCUT2D eigenvalue weighted by Gasteiger charge is 2.28. The number of hydrogen-bond acceptors (Lipinski definition) is 6. The Bertz CT molecular complexity index is 914. The minimum Gasteiger partial charge on any atom is -0.345 e. The Labute approximate surface area is 196 Å². The first-order valence-corrected chi connectivity index (χ1v) is 11.9. The second kappa shape index (κ2) is 11.4. The van der Waals surface area contributed by atoms with Crippen molar-refractivity contribution in [1.29, 1.82) is 0 Å². The maximum Gasteiger partial charge on any atom is 0.245 e. The van der Waals surface area contributed by atoms with Crippen LogP contribution in [0.15, 0.2) is 28.8 Å². The van der Waals surface area contributed by atoms with Gasteiger partial charge >= 0.3 is 0 Å². The van der Waals surface area contributed by atoms with Crippen LogP contribution in [0.25, 0.3) is 11.4 Å². The molecule has 0 bridgehead atoms. The van der Waals surface area contributed by atoms with Gasteiger partial charge in [0.1, 0.15) is 6.04 Å². The van der Waals surface area contributed by atoms with Crippen LogP contribution < -0.4 is 5.32 Å². The van der Waals surface area contributed by atoms with E-state index in [0.717, 1.165) is 31.6 Å². The average Bonchev–Trinajstić information content (AvgIpc) is 3.21. The summed E-state index contributed by atoms with van der Waals surface area (Å²) in [6.45, 7) is 13.6.